The molecule has 0 heterocycles. The van der Waals surface area contributed by atoms with Crippen LogP contribution in [0.5, 0.6) is 0 Å². The molecule has 180 valence electrons. The van der Waals surface area contributed by atoms with Crippen LogP contribution in [-0.4, -0.2) is 42.3 Å². The number of carbonyl (C=O) groups excluding carboxylic acids is 2. The van der Waals surface area contributed by atoms with Crippen molar-refractivity contribution in [2.45, 2.75) is 51.5 Å². The van der Waals surface area contributed by atoms with Crippen LogP contribution in [0, 0.1) is 11.3 Å². The summed E-state index contributed by atoms with van der Waals surface area (Å²) < 4.78 is 5.56. The summed E-state index contributed by atoms with van der Waals surface area (Å²) in [6, 6.07) is 16.3. The third-order valence-corrected chi connectivity index (χ3v) is 6.97. The van der Waals surface area contributed by atoms with Crippen LogP contribution >= 0.6 is 0 Å². The van der Waals surface area contributed by atoms with Gasteiger partial charge >= 0.3 is 12.1 Å². The standard InChI is InChI=1S/C27H32N2O5/c1-27(2,25(32)29-18-12-11-17(13-18)14-24(30)31)16-28-26(33)34-15-23-21-9-5-3-7-19(21)20-8-4-6-10-22(20)23/h3-10,17-18,23H,11-16H2,1-2H3,(H,28,33)(H,29,32)(H,30,31)/t17-,18+/m0/s1. The fourth-order valence-electron chi connectivity index (χ4n) is 5.04. The first-order valence-electron chi connectivity index (χ1n) is 11.9. The van der Waals surface area contributed by atoms with E-state index in [1.54, 1.807) is 13.8 Å². The van der Waals surface area contributed by atoms with Gasteiger partial charge in [0.05, 0.1) is 5.41 Å². The summed E-state index contributed by atoms with van der Waals surface area (Å²) in [5.74, 6) is -0.877. The van der Waals surface area contributed by atoms with Gasteiger partial charge in [-0.2, -0.15) is 0 Å². The second kappa shape index (κ2) is 9.87. The van der Waals surface area contributed by atoms with E-state index in [1.165, 1.54) is 11.1 Å². The first-order valence-corrected chi connectivity index (χ1v) is 11.9. The van der Waals surface area contributed by atoms with E-state index in [0.717, 1.165) is 24.0 Å². The molecule has 0 bridgehead atoms. The van der Waals surface area contributed by atoms with Crippen molar-refractivity contribution in [2.75, 3.05) is 13.2 Å². The van der Waals surface area contributed by atoms with Gasteiger partial charge in [-0.05, 0) is 61.3 Å². The molecule has 1 saturated carbocycles. The fourth-order valence-corrected chi connectivity index (χ4v) is 5.04. The zero-order valence-corrected chi connectivity index (χ0v) is 19.7. The fraction of sp³-hybridized carbons (Fsp3) is 0.444. The average molecular weight is 465 g/mol. The molecule has 2 aromatic carbocycles. The van der Waals surface area contributed by atoms with E-state index in [0.29, 0.717) is 6.42 Å². The van der Waals surface area contributed by atoms with Crippen LogP contribution in [0.25, 0.3) is 11.1 Å². The maximum Gasteiger partial charge on any atom is 0.407 e. The minimum atomic E-state index is -0.823. The van der Waals surface area contributed by atoms with E-state index in [2.05, 4.69) is 34.9 Å². The molecule has 2 aliphatic carbocycles. The SMILES string of the molecule is CC(C)(CNC(=O)OCC1c2ccccc2-c2ccccc21)C(=O)N[C@@H]1CC[C@H](CC(=O)O)C1. The van der Waals surface area contributed by atoms with Crippen molar-refractivity contribution in [3.63, 3.8) is 0 Å². The smallest absolute Gasteiger partial charge is 0.407 e. The van der Waals surface area contributed by atoms with E-state index in [9.17, 15) is 14.4 Å². The Bertz CT molecular complexity index is 1030. The molecule has 4 rings (SSSR count). The quantitative estimate of drug-likeness (QED) is 0.540. The van der Waals surface area contributed by atoms with Crippen molar-refractivity contribution in [2.24, 2.45) is 11.3 Å². The molecule has 2 amide bonds. The normalized spacial score (nSPS) is 19.2. The van der Waals surface area contributed by atoms with Crippen LogP contribution in [0.15, 0.2) is 48.5 Å². The highest BCUT2D eigenvalue weighted by molar-refractivity contribution is 5.83. The predicted octanol–water partition coefficient (Wildman–Crippen LogP) is 4.31. The van der Waals surface area contributed by atoms with Gasteiger partial charge in [-0.25, -0.2) is 4.79 Å². The van der Waals surface area contributed by atoms with Gasteiger partial charge in [0.2, 0.25) is 5.91 Å². The van der Waals surface area contributed by atoms with Crippen LogP contribution in [0.4, 0.5) is 4.79 Å². The van der Waals surface area contributed by atoms with E-state index in [1.807, 2.05) is 24.3 Å². The number of carboxylic acids is 1. The molecule has 34 heavy (non-hydrogen) atoms. The number of rotatable bonds is 8. The number of fused-ring (bicyclic) bond motifs is 3. The number of alkyl carbamates (subject to hydrolysis) is 1. The first-order chi connectivity index (χ1) is 16.2. The number of benzene rings is 2. The molecule has 2 atom stereocenters. The van der Waals surface area contributed by atoms with E-state index in [-0.39, 0.29) is 43.4 Å². The zero-order chi connectivity index (χ0) is 24.3. The van der Waals surface area contributed by atoms with Crippen LogP contribution in [0.1, 0.15) is 56.6 Å². The number of ether oxygens (including phenoxy) is 1. The van der Waals surface area contributed by atoms with E-state index < -0.39 is 17.5 Å². The first kappa shape index (κ1) is 23.8. The lowest BCUT2D eigenvalue weighted by atomic mass is 9.91. The van der Waals surface area contributed by atoms with Gasteiger partial charge in [-0.3, -0.25) is 9.59 Å². The van der Waals surface area contributed by atoms with Gasteiger partial charge in [0.1, 0.15) is 6.61 Å². The Labute approximate surface area is 199 Å². The summed E-state index contributed by atoms with van der Waals surface area (Å²) in [6.45, 7) is 3.91. The molecule has 3 N–H and O–H groups in total. The molecule has 0 saturated heterocycles. The van der Waals surface area contributed by atoms with Gasteiger partial charge in [0.25, 0.3) is 0 Å². The van der Waals surface area contributed by atoms with Crippen molar-refractivity contribution in [1.29, 1.82) is 0 Å². The molecule has 7 nitrogen and oxygen atoms in total. The van der Waals surface area contributed by atoms with Crippen molar-refractivity contribution >= 4 is 18.0 Å². The number of hydrogen-bond acceptors (Lipinski definition) is 4. The van der Waals surface area contributed by atoms with Gasteiger partial charge in [0.15, 0.2) is 0 Å². The van der Waals surface area contributed by atoms with Gasteiger partial charge in [0, 0.05) is 24.9 Å². The minimum absolute atomic E-state index is 0.0180. The van der Waals surface area contributed by atoms with Crippen LogP contribution in [0.3, 0.4) is 0 Å². The number of nitrogens with one attached hydrogen (secondary N) is 2. The Hall–Kier alpha value is -3.35. The molecule has 0 radical (unpaired) electrons. The topological polar surface area (TPSA) is 105 Å². The second-order valence-electron chi connectivity index (χ2n) is 10.0. The molecule has 0 spiro atoms. The molecular formula is C27H32N2O5. The summed E-state index contributed by atoms with van der Waals surface area (Å²) >= 11 is 0. The highest BCUT2D eigenvalue weighted by Gasteiger charge is 2.34. The number of carboxylic acid groups (broad SMARTS) is 1. The number of hydrogen-bond donors (Lipinski definition) is 3. The molecule has 0 unspecified atom stereocenters. The van der Waals surface area contributed by atoms with Gasteiger partial charge < -0.3 is 20.5 Å². The number of amides is 2. The van der Waals surface area contributed by atoms with Crippen molar-refractivity contribution in [1.82, 2.24) is 10.6 Å². The van der Waals surface area contributed by atoms with Gasteiger partial charge in [-0.15, -0.1) is 0 Å². The molecule has 7 heteroatoms. The molecule has 2 aliphatic rings. The Kier molecular flexibility index (Phi) is 6.91. The van der Waals surface area contributed by atoms with Crippen molar-refractivity contribution in [3.8, 4) is 11.1 Å². The lowest BCUT2D eigenvalue weighted by Crippen LogP contribution is -2.47. The van der Waals surface area contributed by atoms with Crippen LogP contribution in [-0.2, 0) is 14.3 Å². The predicted molar refractivity (Wildman–Crippen MR) is 128 cm³/mol. The summed E-state index contributed by atoms with van der Waals surface area (Å²) in [7, 11) is 0. The minimum Gasteiger partial charge on any atom is -0.481 e. The highest BCUT2D eigenvalue weighted by atomic mass is 16.5. The lowest BCUT2D eigenvalue weighted by Gasteiger charge is -2.26. The molecular weight excluding hydrogens is 432 g/mol. The monoisotopic (exact) mass is 464 g/mol. The van der Waals surface area contributed by atoms with Crippen molar-refractivity contribution < 1.29 is 24.2 Å². The highest BCUT2D eigenvalue weighted by Crippen LogP contribution is 2.44. The molecule has 1 fully saturated rings. The Morgan fingerprint density at radius 2 is 1.62 bits per heavy atom. The Balaban J connectivity index is 1.27. The van der Waals surface area contributed by atoms with E-state index in [4.69, 9.17) is 9.84 Å². The van der Waals surface area contributed by atoms with Crippen molar-refractivity contribution in [3.05, 3.63) is 59.7 Å². The maximum atomic E-state index is 12.8. The summed E-state index contributed by atoms with van der Waals surface area (Å²) in [4.78, 5) is 36.2. The average Bonchev–Trinajstić information content (AvgIpc) is 3.37. The lowest BCUT2D eigenvalue weighted by molar-refractivity contribution is -0.138. The maximum absolute atomic E-state index is 12.8. The molecule has 0 aromatic heterocycles. The third kappa shape index (κ3) is 5.24. The third-order valence-electron chi connectivity index (χ3n) is 6.97. The number of aliphatic carboxylic acids is 1. The number of carbonyl (C=O) groups is 3. The van der Waals surface area contributed by atoms with Crippen LogP contribution < -0.4 is 10.6 Å². The summed E-state index contributed by atoms with van der Waals surface area (Å²) in [6.07, 6.45) is 1.84. The molecule has 0 aliphatic heterocycles. The summed E-state index contributed by atoms with van der Waals surface area (Å²) in [5.41, 5.74) is 3.81. The Morgan fingerprint density at radius 3 is 2.24 bits per heavy atom. The zero-order valence-electron chi connectivity index (χ0n) is 19.7. The molecule has 2 aromatic rings. The van der Waals surface area contributed by atoms with Gasteiger partial charge in [-0.1, -0.05) is 48.5 Å². The second-order valence-corrected chi connectivity index (χ2v) is 10.0. The van der Waals surface area contributed by atoms with Crippen LogP contribution in [0.2, 0.25) is 0 Å². The summed E-state index contributed by atoms with van der Waals surface area (Å²) in [5, 5.41) is 14.7. The Morgan fingerprint density at radius 1 is 1.00 bits per heavy atom. The van der Waals surface area contributed by atoms with E-state index >= 15 is 0 Å². The largest absolute Gasteiger partial charge is 0.481 e.